The molecule has 0 aromatic rings. The Morgan fingerprint density at radius 1 is 0.966 bits per heavy atom. The molecule has 13 heteroatoms. The predicted octanol–water partition coefficient (Wildman–Crippen LogP) is -3.12. The van der Waals surface area contributed by atoms with Gasteiger partial charge in [-0.3, -0.25) is 24.0 Å². The van der Waals surface area contributed by atoms with Gasteiger partial charge in [0.1, 0.15) is 12.1 Å². The molecule has 0 saturated heterocycles. The summed E-state index contributed by atoms with van der Waals surface area (Å²) in [6.45, 7) is 2.69. The summed E-state index contributed by atoms with van der Waals surface area (Å²) in [7, 11) is 0. The molecule has 9 N–H and O–H groups in total. The number of carboxylic acids is 2. The minimum atomic E-state index is -1.46. The second kappa shape index (κ2) is 12.3. The standard InChI is InChI=1S/C16H27N5O8/c1-3-7(2)13(16(28)29)21-15(27)9(5-10(18)22)20-11(23)6-19-14(26)8(17)4-12(24)25/h7-9,13H,3-6,17H2,1-2H3,(H2,18,22)(H,19,26)(H,20,23)(H,21,27)(H,24,25)(H,28,29). The average Bonchev–Trinajstić information content (AvgIpc) is 2.61. The molecule has 0 saturated carbocycles. The normalized spacial score (nSPS) is 14.6. The quantitative estimate of drug-likeness (QED) is 0.160. The second-order valence-corrected chi connectivity index (χ2v) is 6.42. The lowest BCUT2D eigenvalue weighted by Gasteiger charge is -2.24. The van der Waals surface area contributed by atoms with E-state index in [1.54, 1.807) is 13.8 Å². The number of rotatable bonds is 13. The fourth-order valence-corrected chi connectivity index (χ4v) is 2.17. The van der Waals surface area contributed by atoms with Crippen LogP contribution in [0.5, 0.6) is 0 Å². The summed E-state index contributed by atoms with van der Waals surface area (Å²) >= 11 is 0. The summed E-state index contributed by atoms with van der Waals surface area (Å²) in [5.41, 5.74) is 10.4. The monoisotopic (exact) mass is 417 g/mol. The maximum absolute atomic E-state index is 12.3. The van der Waals surface area contributed by atoms with Gasteiger partial charge >= 0.3 is 11.9 Å². The Bertz CT molecular complexity index is 653. The molecule has 0 bridgehead atoms. The van der Waals surface area contributed by atoms with Gasteiger partial charge < -0.3 is 37.6 Å². The van der Waals surface area contributed by atoms with Crippen LogP contribution in [0, 0.1) is 5.92 Å². The Hall–Kier alpha value is -3.22. The van der Waals surface area contributed by atoms with E-state index < -0.39 is 79.0 Å². The van der Waals surface area contributed by atoms with Gasteiger partial charge in [0.15, 0.2) is 0 Å². The first-order chi connectivity index (χ1) is 13.4. The van der Waals surface area contributed by atoms with Crippen LogP contribution in [0.15, 0.2) is 0 Å². The molecule has 13 nitrogen and oxygen atoms in total. The molecule has 0 spiro atoms. The minimum absolute atomic E-state index is 0.420. The fraction of sp³-hybridized carbons (Fsp3) is 0.625. The van der Waals surface area contributed by atoms with Gasteiger partial charge in [-0.2, -0.15) is 0 Å². The van der Waals surface area contributed by atoms with Gasteiger partial charge in [-0.25, -0.2) is 4.79 Å². The Labute approximate surface area is 166 Å². The molecule has 0 aromatic carbocycles. The lowest BCUT2D eigenvalue weighted by Crippen LogP contribution is -2.55. The van der Waals surface area contributed by atoms with Gasteiger partial charge in [0.25, 0.3) is 0 Å². The number of hydrogen-bond donors (Lipinski definition) is 7. The predicted molar refractivity (Wildman–Crippen MR) is 98.0 cm³/mol. The zero-order valence-electron chi connectivity index (χ0n) is 16.1. The SMILES string of the molecule is CCC(C)C(NC(=O)C(CC(N)=O)NC(=O)CNC(=O)C(N)CC(=O)O)C(=O)O. The van der Waals surface area contributed by atoms with E-state index in [0.29, 0.717) is 6.42 Å². The van der Waals surface area contributed by atoms with Crippen molar-refractivity contribution in [2.45, 2.75) is 51.2 Å². The number of carbonyl (C=O) groups excluding carboxylic acids is 4. The van der Waals surface area contributed by atoms with Gasteiger partial charge in [0, 0.05) is 0 Å². The van der Waals surface area contributed by atoms with E-state index in [1.165, 1.54) is 0 Å². The van der Waals surface area contributed by atoms with E-state index in [9.17, 15) is 33.9 Å². The maximum Gasteiger partial charge on any atom is 0.326 e. The molecule has 4 unspecified atom stereocenters. The highest BCUT2D eigenvalue weighted by molar-refractivity contribution is 5.95. The number of hydrogen-bond acceptors (Lipinski definition) is 7. The number of nitrogens with two attached hydrogens (primary N) is 2. The lowest BCUT2D eigenvalue weighted by molar-refractivity contribution is -0.144. The smallest absolute Gasteiger partial charge is 0.326 e. The summed E-state index contributed by atoms with van der Waals surface area (Å²) in [6, 6.07) is -4.08. The molecular weight excluding hydrogens is 390 g/mol. The summed E-state index contributed by atoms with van der Waals surface area (Å²) in [6.07, 6.45) is -0.796. The lowest BCUT2D eigenvalue weighted by atomic mass is 9.98. The molecule has 0 heterocycles. The first-order valence-electron chi connectivity index (χ1n) is 8.74. The van der Waals surface area contributed by atoms with Crippen molar-refractivity contribution in [1.82, 2.24) is 16.0 Å². The highest BCUT2D eigenvalue weighted by atomic mass is 16.4. The number of carbonyl (C=O) groups is 6. The van der Waals surface area contributed by atoms with Crippen molar-refractivity contribution in [3.8, 4) is 0 Å². The largest absolute Gasteiger partial charge is 0.481 e. The highest BCUT2D eigenvalue weighted by Crippen LogP contribution is 2.08. The molecule has 4 amide bonds. The van der Waals surface area contributed by atoms with Gasteiger partial charge in [-0.1, -0.05) is 20.3 Å². The molecule has 0 aliphatic heterocycles. The summed E-state index contributed by atoms with van der Waals surface area (Å²) < 4.78 is 0. The van der Waals surface area contributed by atoms with Crippen molar-refractivity contribution in [2.75, 3.05) is 6.54 Å². The highest BCUT2D eigenvalue weighted by Gasteiger charge is 2.30. The molecule has 0 radical (unpaired) electrons. The van der Waals surface area contributed by atoms with Crippen molar-refractivity contribution in [3.63, 3.8) is 0 Å². The zero-order valence-corrected chi connectivity index (χ0v) is 16.1. The number of carboxylic acid groups (broad SMARTS) is 2. The van der Waals surface area contributed by atoms with Crippen LogP contribution in [-0.2, 0) is 28.8 Å². The van der Waals surface area contributed by atoms with Crippen LogP contribution in [0.4, 0.5) is 0 Å². The number of primary amides is 1. The minimum Gasteiger partial charge on any atom is -0.481 e. The van der Waals surface area contributed by atoms with Crippen LogP contribution in [0.1, 0.15) is 33.1 Å². The first kappa shape index (κ1) is 25.8. The van der Waals surface area contributed by atoms with Crippen molar-refractivity contribution >= 4 is 35.6 Å². The van der Waals surface area contributed by atoms with Gasteiger partial charge in [-0.15, -0.1) is 0 Å². The maximum atomic E-state index is 12.3. The molecule has 29 heavy (non-hydrogen) atoms. The van der Waals surface area contributed by atoms with E-state index in [-0.39, 0.29) is 0 Å². The first-order valence-corrected chi connectivity index (χ1v) is 8.74. The topological polar surface area (TPSA) is 231 Å². The van der Waals surface area contributed by atoms with Crippen molar-refractivity contribution in [3.05, 3.63) is 0 Å². The Morgan fingerprint density at radius 2 is 1.55 bits per heavy atom. The van der Waals surface area contributed by atoms with Crippen LogP contribution >= 0.6 is 0 Å². The third kappa shape index (κ3) is 10.0. The third-order valence-electron chi connectivity index (χ3n) is 3.99. The molecule has 164 valence electrons. The molecule has 0 aliphatic carbocycles. The van der Waals surface area contributed by atoms with E-state index in [4.69, 9.17) is 16.6 Å². The van der Waals surface area contributed by atoms with Crippen molar-refractivity contribution in [2.24, 2.45) is 17.4 Å². The molecule has 0 rings (SSSR count). The van der Waals surface area contributed by atoms with Crippen LogP contribution in [0.25, 0.3) is 0 Å². The summed E-state index contributed by atoms with van der Waals surface area (Å²) in [5.74, 6) is -6.65. The van der Waals surface area contributed by atoms with E-state index in [2.05, 4.69) is 16.0 Å². The van der Waals surface area contributed by atoms with Gasteiger partial charge in [0.2, 0.25) is 23.6 Å². The Balaban J connectivity index is 4.97. The van der Waals surface area contributed by atoms with Crippen molar-refractivity contribution < 1.29 is 39.0 Å². The Morgan fingerprint density at radius 3 is 2.00 bits per heavy atom. The van der Waals surface area contributed by atoms with E-state index in [1.807, 2.05) is 0 Å². The van der Waals surface area contributed by atoms with Crippen LogP contribution in [-0.4, -0.2) is 70.5 Å². The number of aliphatic carboxylic acids is 2. The molecule has 0 aromatic heterocycles. The molecule has 0 aliphatic rings. The summed E-state index contributed by atoms with van der Waals surface area (Å²) in [5, 5.41) is 24.3. The molecule has 4 atom stereocenters. The second-order valence-electron chi connectivity index (χ2n) is 6.42. The van der Waals surface area contributed by atoms with Crippen LogP contribution < -0.4 is 27.4 Å². The fourth-order valence-electron chi connectivity index (χ4n) is 2.17. The third-order valence-corrected chi connectivity index (χ3v) is 3.99. The van der Waals surface area contributed by atoms with Gasteiger partial charge in [0.05, 0.1) is 25.4 Å². The van der Waals surface area contributed by atoms with Gasteiger partial charge in [-0.05, 0) is 5.92 Å². The molecular formula is C16H27N5O8. The number of nitrogens with one attached hydrogen (secondary N) is 3. The number of amides is 4. The van der Waals surface area contributed by atoms with Crippen molar-refractivity contribution in [1.29, 1.82) is 0 Å². The molecule has 0 fully saturated rings. The van der Waals surface area contributed by atoms with E-state index in [0.717, 1.165) is 0 Å². The summed E-state index contributed by atoms with van der Waals surface area (Å²) in [4.78, 5) is 69.0. The van der Waals surface area contributed by atoms with E-state index >= 15 is 0 Å². The van der Waals surface area contributed by atoms with Crippen LogP contribution in [0.3, 0.4) is 0 Å². The van der Waals surface area contributed by atoms with Crippen LogP contribution in [0.2, 0.25) is 0 Å². The Kier molecular flexibility index (Phi) is 10.9. The average molecular weight is 417 g/mol. The zero-order chi connectivity index (χ0) is 22.7.